The van der Waals surface area contributed by atoms with Crippen molar-refractivity contribution >= 4 is 32.0 Å². The summed E-state index contributed by atoms with van der Waals surface area (Å²) in [6.45, 7) is 7.33. The van der Waals surface area contributed by atoms with Crippen LogP contribution in [0.5, 0.6) is 0 Å². The van der Waals surface area contributed by atoms with Gasteiger partial charge < -0.3 is 15.2 Å². The Morgan fingerprint density at radius 2 is 1.09 bits per heavy atom. The lowest BCUT2D eigenvalue weighted by molar-refractivity contribution is -0.0979. The highest BCUT2D eigenvalue weighted by atomic mass is 35.5. The maximum atomic E-state index is 8.32. The number of nitrogens with zero attached hydrogens (tertiary/aromatic N) is 3. The second-order valence-corrected chi connectivity index (χ2v) is 0.490. The molecule has 66 valence electrons. The van der Waals surface area contributed by atoms with Crippen LogP contribution in [0.1, 0.15) is 0 Å². The van der Waals surface area contributed by atoms with Crippen molar-refractivity contribution in [3.05, 3.63) is 4.91 Å². The molecule has 0 aliphatic heterocycles. The van der Waals surface area contributed by atoms with E-state index in [-0.39, 0.29) is 0 Å². The Balaban J connectivity index is -0.0000000301. The second-order valence-electron chi connectivity index (χ2n) is 0.352. The third kappa shape index (κ3) is 160. The minimum Gasteiger partial charge on any atom is -0.411 e. The Morgan fingerprint density at radius 3 is 1.09 bits per heavy atom. The lowest BCUT2D eigenvalue weighted by atomic mass is 11.8. The molecule has 0 saturated carbocycles. The fourth-order valence-electron chi connectivity index (χ4n) is 0. The summed E-state index contributed by atoms with van der Waals surface area (Å²) >= 11 is 4.07. The molecule has 0 fully saturated rings. The van der Waals surface area contributed by atoms with Crippen LogP contribution in [0.15, 0.2) is 15.0 Å². The van der Waals surface area contributed by atoms with E-state index in [0.29, 0.717) is 0 Å². The van der Waals surface area contributed by atoms with Crippen molar-refractivity contribution in [2.24, 2.45) is 15.0 Å². The first-order valence-electron chi connectivity index (χ1n) is 1.67. The van der Waals surface area contributed by atoms with Crippen LogP contribution in [0.2, 0.25) is 0 Å². The first kappa shape index (κ1) is 22.7. The van der Waals surface area contributed by atoms with Gasteiger partial charge in [-0.25, -0.2) is 0 Å². The highest BCUT2D eigenvalue weighted by Gasteiger charge is 1.26. The standard InChI is InChI=1S/2CH3NO.CH2O.ClNO/c2*1-2-3;1-2;1-2-3/h2*3H,1H2;1H2;. The van der Waals surface area contributed by atoms with Gasteiger partial charge in [-0.3, -0.25) is 0 Å². The van der Waals surface area contributed by atoms with Gasteiger partial charge in [-0.15, -0.1) is 15.2 Å². The highest BCUT2D eigenvalue weighted by molar-refractivity contribution is 6.14. The molecule has 0 aromatic carbocycles. The maximum Gasteiger partial charge on any atom is 0.106 e. The van der Waals surface area contributed by atoms with E-state index in [0.717, 1.165) is 0 Å². The Bertz CT molecular complexity index is 66.7. The van der Waals surface area contributed by atoms with Gasteiger partial charge in [0.05, 0.1) is 11.8 Å². The summed E-state index contributed by atoms with van der Waals surface area (Å²) in [6.07, 6.45) is 0. The van der Waals surface area contributed by atoms with Crippen LogP contribution in [-0.2, 0) is 4.79 Å². The number of nitroso groups, excluding NO2 is 1. The zero-order chi connectivity index (χ0) is 10.1. The Hall–Kier alpha value is -1.50. The van der Waals surface area contributed by atoms with Crippen LogP contribution in [-0.4, -0.2) is 30.6 Å². The average Bonchev–Trinajstić information content (AvgIpc) is 1.96. The summed E-state index contributed by atoms with van der Waals surface area (Å²) in [5, 5.41) is 18.7. The molecule has 8 heteroatoms. The first-order chi connectivity index (χ1) is 5.24. The largest absolute Gasteiger partial charge is 0.411 e. The van der Waals surface area contributed by atoms with Gasteiger partial charge in [-0.2, -0.15) is 0 Å². The SMILES string of the molecule is C=NO.C=NO.C=O.O=NCl. The molecule has 0 spiro atoms. The monoisotopic (exact) mass is 185 g/mol. The molecule has 0 aromatic rings. The topological polar surface area (TPSA) is 112 Å². The van der Waals surface area contributed by atoms with Gasteiger partial charge in [-0.05, 0) is 0 Å². The van der Waals surface area contributed by atoms with Gasteiger partial charge in [0.15, 0.2) is 0 Å². The molecule has 0 rings (SSSR count). The summed E-state index contributed by atoms with van der Waals surface area (Å²) in [7, 11) is 0. The Morgan fingerprint density at radius 1 is 1.09 bits per heavy atom. The number of halogens is 1. The van der Waals surface area contributed by atoms with Gasteiger partial charge in [0.25, 0.3) is 0 Å². The molecule has 0 aromatic heterocycles. The van der Waals surface area contributed by atoms with Crippen LogP contribution in [0.4, 0.5) is 0 Å². The summed E-state index contributed by atoms with van der Waals surface area (Å²) in [5.74, 6) is 0. The van der Waals surface area contributed by atoms with Gasteiger partial charge in [0.2, 0.25) is 0 Å². The number of rotatable bonds is 0. The van der Waals surface area contributed by atoms with E-state index in [4.69, 9.17) is 20.1 Å². The molecular weight excluding hydrogens is 178 g/mol. The molecule has 0 amide bonds. The van der Waals surface area contributed by atoms with Crippen LogP contribution in [0, 0.1) is 4.91 Å². The van der Waals surface area contributed by atoms with Crippen molar-refractivity contribution in [2.45, 2.75) is 0 Å². The van der Waals surface area contributed by atoms with Crippen LogP contribution in [0.25, 0.3) is 0 Å². The van der Waals surface area contributed by atoms with Crippen molar-refractivity contribution < 1.29 is 15.2 Å². The molecule has 0 bridgehead atoms. The lowest BCUT2D eigenvalue weighted by Gasteiger charge is -1.43. The Kier molecular flexibility index (Phi) is 438. The number of hydrogen-bond donors (Lipinski definition) is 2. The zero-order valence-corrected chi connectivity index (χ0v) is 6.31. The third-order valence-electron chi connectivity index (χ3n) is 0. The predicted molar refractivity (Wildman–Crippen MR) is 41.4 cm³/mol. The quantitative estimate of drug-likeness (QED) is 0.252. The fraction of sp³-hybridized carbons (Fsp3) is 0. The number of oxime groups is 2. The molecule has 0 heterocycles. The molecule has 0 atom stereocenters. The molecule has 2 N–H and O–H groups in total. The van der Waals surface area contributed by atoms with Gasteiger partial charge in [0.1, 0.15) is 6.79 Å². The zero-order valence-electron chi connectivity index (χ0n) is 5.55. The molecular formula is C3H8ClN3O4. The second kappa shape index (κ2) is 212. The van der Waals surface area contributed by atoms with Crippen molar-refractivity contribution in [3.63, 3.8) is 0 Å². The molecule has 11 heavy (non-hydrogen) atoms. The smallest absolute Gasteiger partial charge is 0.106 e. The van der Waals surface area contributed by atoms with Crippen molar-refractivity contribution in [1.82, 2.24) is 0 Å². The number of hydrogen-bond acceptors (Lipinski definition) is 7. The summed E-state index contributed by atoms with van der Waals surface area (Å²) in [4.78, 5) is 16.3. The van der Waals surface area contributed by atoms with Crippen molar-refractivity contribution in [1.29, 1.82) is 0 Å². The fourth-order valence-corrected chi connectivity index (χ4v) is 0. The molecule has 0 unspecified atom stereocenters. The van der Waals surface area contributed by atoms with E-state index in [1.807, 2.05) is 6.79 Å². The summed E-state index contributed by atoms with van der Waals surface area (Å²) < 4.78 is 1.72. The van der Waals surface area contributed by atoms with Crippen LogP contribution < -0.4 is 0 Å². The van der Waals surface area contributed by atoms with E-state index >= 15 is 0 Å². The number of carbonyl (C=O) groups excluding carboxylic acids is 1. The third-order valence-corrected chi connectivity index (χ3v) is 0. The van der Waals surface area contributed by atoms with E-state index in [9.17, 15) is 0 Å². The lowest BCUT2D eigenvalue weighted by Crippen LogP contribution is -1.30. The minimum absolute atomic E-state index is 1.72. The van der Waals surface area contributed by atoms with Crippen molar-refractivity contribution in [2.75, 3.05) is 0 Å². The van der Waals surface area contributed by atoms with E-state index in [1.54, 1.807) is 4.70 Å². The molecule has 0 aliphatic rings. The van der Waals surface area contributed by atoms with E-state index < -0.39 is 0 Å². The normalized spacial score (nSPS) is 3.73. The molecule has 0 aliphatic carbocycles. The number of carbonyl (C=O) groups is 1. The molecule has 0 saturated heterocycles. The van der Waals surface area contributed by atoms with E-state index in [1.165, 1.54) is 0 Å². The first-order valence-corrected chi connectivity index (χ1v) is 2.01. The van der Waals surface area contributed by atoms with Gasteiger partial charge >= 0.3 is 0 Å². The minimum atomic E-state index is 1.72. The van der Waals surface area contributed by atoms with Gasteiger partial charge in [-0.1, -0.05) is 0 Å². The predicted octanol–water partition coefficient (Wildman–Crippen LogP) is 0.874. The van der Waals surface area contributed by atoms with Crippen LogP contribution >= 0.6 is 11.8 Å². The van der Waals surface area contributed by atoms with Crippen LogP contribution in [0.3, 0.4) is 0 Å². The van der Waals surface area contributed by atoms with Crippen molar-refractivity contribution in [3.8, 4) is 0 Å². The maximum absolute atomic E-state index is 8.32. The summed E-state index contributed by atoms with van der Waals surface area (Å²) in [5.41, 5.74) is 0. The Labute approximate surface area is 68.0 Å². The highest BCUT2D eigenvalue weighted by Crippen LogP contribution is 1.60. The average molecular weight is 186 g/mol. The molecule has 0 radical (unpaired) electrons. The summed E-state index contributed by atoms with van der Waals surface area (Å²) in [6, 6.07) is 0. The molecule has 7 nitrogen and oxygen atoms in total. The van der Waals surface area contributed by atoms with E-state index in [2.05, 4.69) is 35.5 Å². The van der Waals surface area contributed by atoms with Gasteiger partial charge in [0, 0.05) is 18.1 Å².